The predicted molar refractivity (Wildman–Crippen MR) is 171 cm³/mol. The smallest absolute Gasteiger partial charge is 0.431 e. The lowest BCUT2D eigenvalue weighted by atomic mass is 9.47. The summed E-state index contributed by atoms with van der Waals surface area (Å²) in [6, 6.07) is 0. The molecule has 0 bridgehead atoms. The van der Waals surface area contributed by atoms with Crippen LogP contribution in [0.2, 0.25) is 0 Å². The molecular formula is C37H62O6. The van der Waals surface area contributed by atoms with Gasteiger partial charge in [-0.25, -0.2) is 4.79 Å². The van der Waals surface area contributed by atoms with E-state index in [0.29, 0.717) is 25.0 Å². The first kappa shape index (κ1) is 34.5. The van der Waals surface area contributed by atoms with Crippen LogP contribution < -0.4 is 0 Å². The quantitative estimate of drug-likeness (QED) is 0.112. The van der Waals surface area contributed by atoms with Crippen LogP contribution in [0.1, 0.15) is 126 Å². The van der Waals surface area contributed by atoms with Gasteiger partial charge in [0.2, 0.25) is 0 Å². The highest BCUT2D eigenvalue weighted by molar-refractivity contribution is 5.82. The Balaban J connectivity index is 1.32. The van der Waals surface area contributed by atoms with Crippen LogP contribution in [0, 0.1) is 46.3 Å². The number of rotatable bonds is 14. The van der Waals surface area contributed by atoms with E-state index in [4.69, 9.17) is 18.9 Å². The highest BCUT2D eigenvalue weighted by Crippen LogP contribution is 2.67. The largest absolute Gasteiger partial charge is 0.509 e. The molecule has 0 spiro atoms. The fraction of sp³-hybridized carbons (Fsp3) is 0.892. The minimum absolute atomic E-state index is 0.0238. The van der Waals surface area contributed by atoms with E-state index in [1.807, 2.05) is 6.92 Å². The van der Waals surface area contributed by atoms with E-state index >= 15 is 0 Å². The molecule has 0 radical (unpaired) electrons. The van der Waals surface area contributed by atoms with Crippen molar-refractivity contribution in [3.63, 3.8) is 0 Å². The Hall–Kier alpha value is -1.40. The van der Waals surface area contributed by atoms with Gasteiger partial charge in [0.1, 0.15) is 6.10 Å². The van der Waals surface area contributed by atoms with Crippen LogP contribution in [0.25, 0.3) is 0 Å². The van der Waals surface area contributed by atoms with Gasteiger partial charge < -0.3 is 18.9 Å². The minimum atomic E-state index is -0.849. The van der Waals surface area contributed by atoms with Gasteiger partial charge in [0.15, 0.2) is 11.9 Å². The maximum atomic E-state index is 12.7. The third kappa shape index (κ3) is 7.88. The lowest BCUT2D eigenvalue weighted by molar-refractivity contribution is -0.128. The van der Waals surface area contributed by atoms with E-state index in [1.54, 1.807) is 7.11 Å². The molecule has 10 atom stereocenters. The maximum Gasteiger partial charge on any atom is 0.509 e. The lowest BCUT2D eigenvalue weighted by Gasteiger charge is -2.58. The molecule has 3 saturated carbocycles. The van der Waals surface area contributed by atoms with Crippen molar-refractivity contribution in [2.75, 3.05) is 20.3 Å². The zero-order valence-electron chi connectivity index (χ0n) is 28.6. The Morgan fingerprint density at radius 1 is 0.977 bits per heavy atom. The number of ketones is 1. The summed E-state index contributed by atoms with van der Waals surface area (Å²) in [7, 11) is 1.63. The number of allylic oxidation sites excluding steroid dienone is 1. The number of hydrogen-bond donors (Lipinski definition) is 0. The molecule has 3 fully saturated rings. The molecule has 0 N–H and O–H groups in total. The zero-order valence-corrected chi connectivity index (χ0v) is 28.6. The SMILES string of the molecule is COC(C)COCCC(OC(=O)OC1CC[C@@]2(C)C(=CCC3C4CCC(C(C)CCCC(C)C)[C@@]4(C)CCC32)C1)C(C)=O. The highest BCUT2D eigenvalue weighted by Gasteiger charge is 2.59. The summed E-state index contributed by atoms with van der Waals surface area (Å²) in [4.78, 5) is 24.9. The van der Waals surface area contributed by atoms with Crippen LogP contribution in [0.3, 0.4) is 0 Å². The standard InChI is InChI=1S/C37H62O6/c1-24(2)10-9-11-25(3)31-14-15-32-30-13-12-28-22-29(16-19-36(28,6)33(30)17-20-37(31,32)7)42-35(39)43-34(27(5)38)18-21-41-23-26(4)40-8/h12,24-26,29-34H,9-11,13-23H2,1-8H3/t25?,26?,29?,30?,31?,32?,33?,34?,36-,37+/m0/s1. The van der Waals surface area contributed by atoms with E-state index in [2.05, 4.69) is 40.7 Å². The van der Waals surface area contributed by atoms with Crippen LogP contribution >= 0.6 is 0 Å². The van der Waals surface area contributed by atoms with Gasteiger partial charge in [-0.15, -0.1) is 0 Å². The molecule has 0 aliphatic heterocycles. The first-order valence-electron chi connectivity index (χ1n) is 17.6. The summed E-state index contributed by atoms with van der Waals surface area (Å²) in [5, 5.41) is 0. The van der Waals surface area contributed by atoms with Crippen LogP contribution in [0.4, 0.5) is 4.79 Å². The molecular weight excluding hydrogens is 540 g/mol. The number of hydrogen-bond acceptors (Lipinski definition) is 6. The molecule has 8 unspecified atom stereocenters. The number of fused-ring (bicyclic) bond motifs is 5. The average molecular weight is 603 g/mol. The summed E-state index contributed by atoms with van der Waals surface area (Å²) in [6.45, 7) is 16.5. The van der Waals surface area contributed by atoms with Crippen molar-refractivity contribution in [2.24, 2.45) is 46.3 Å². The Kier molecular flexibility index (Phi) is 11.9. The third-order valence-electron chi connectivity index (χ3n) is 12.5. The summed E-state index contributed by atoms with van der Waals surface area (Å²) in [6.07, 6.45) is 14.6. The average Bonchev–Trinajstić information content (AvgIpc) is 3.31. The van der Waals surface area contributed by atoms with E-state index in [0.717, 1.165) is 54.8 Å². The topological polar surface area (TPSA) is 71.1 Å². The summed E-state index contributed by atoms with van der Waals surface area (Å²) in [5.41, 5.74) is 2.18. The second kappa shape index (κ2) is 14.8. The van der Waals surface area contributed by atoms with Gasteiger partial charge in [0.25, 0.3) is 0 Å². The molecule has 0 heterocycles. The monoisotopic (exact) mass is 602 g/mol. The minimum Gasteiger partial charge on any atom is -0.431 e. The van der Waals surface area contributed by atoms with Crippen molar-refractivity contribution < 1.29 is 28.5 Å². The Morgan fingerprint density at radius 3 is 2.44 bits per heavy atom. The molecule has 0 aromatic heterocycles. The van der Waals surface area contributed by atoms with Gasteiger partial charge in [0, 0.05) is 20.0 Å². The van der Waals surface area contributed by atoms with Crippen LogP contribution in [0.5, 0.6) is 0 Å². The summed E-state index contributed by atoms with van der Waals surface area (Å²) < 4.78 is 22.0. The van der Waals surface area contributed by atoms with E-state index in [9.17, 15) is 9.59 Å². The fourth-order valence-electron chi connectivity index (χ4n) is 9.89. The molecule has 0 amide bonds. The number of methoxy groups -OCH3 is 1. The normalized spacial score (nSPS) is 35.7. The zero-order chi connectivity index (χ0) is 31.4. The lowest BCUT2D eigenvalue weighted by Crippen LogP contribution is -2.51. The van der Waals surface area contributed by atoms with Gasteiger partial charge >= 0.3 is 6.16 Å². The van der Waals surface area contributed by atoms with Gasteiger partial charge in [-0.2, -0.15) is 0 Å². The molecule has 43 heavy (non-hydrogen) atoms. The molecule has 6 heteroatoms. The number of carbonyl (C=O) groups is 2. The Bertz CT molecular complexity index is 974. The van der Waals surface area contributed by atoms with Crippen molar-refractivity contribution in [2.45, 2.75) is 144 Å². The van der Waals surface area contributed by atoms with Crippen LogP contribution in [0.15, 0.2) is 11.6 Å². The summed E-state index contributed by atoms with van der Waals surface area (Å²) in [5.74, 6) is 4.68. The number of Topliss-reactive ketones (excluding diaryl/α,β-unsaturated/α-hetero) is 1. The van der Waals surface area contributed by atoms with Crippen molar-refractivity contribution in [3.05, 3.63) is 11.6 Å². The third-order valence-corrected chi connectivity index (χ3v) is 12.5. The molecule has 246 valence electrons. The highest BCUT2D eigenvalue weighted by atomic mass is 16.7. The number of carbonyl (C=O) groups excluding carboxylic acids is 2. The molecule has 0 aromatic carbocycles. The van der Waals surface area contributed by atoms with Crippen molar-refractivity contribution in [1.29, 1.82) is 0 Å². The van der Waals surface area contributed by atoms with E-state index < -0.39 is 12.3 Å². The fourth-order valence-corrected chi connectivity index (χ4v) is 9.89. The maximum absolute atomic E-state index is 12.7. The van der Waals surface area contributed by atoms with Crippen molar-refractivity contribution in [3.8, 4) is 0 Å². The molecule has 4 aliphatic rings. The van der Waals surface area contributed by atoms with E-state index in [1.165, 1.54) is 63.9 Å². The van der Waals surface area contributed by atoms with Crippen LogP contribution in [-0.4, -0.2) is 50.6 Å². The predicted octanol–water partition coefficient (Wildman–Crippen LogP) is 8.95. The van der Waals surface area contributed by atoms with Gasteiger partial charge in [0.05, 0.1) is 19.3 Å². The Morgan fingerprint density at radius 2 is 1.74 bits per heavy atom. The van der Waals surface area contributed by atoms with Crippen molar-refractivity contribution in [1.82, 2.24) is 0 Å². The molecule has 4 rings (SSSR count). The van der Waals surface area contributed by atoms with Gasteiger partial charge in [-0.05, 0) is 105 Å². The second-order valence-corrected chi connectivity index (χ2v) is 15.6. The molecule has 6 nitrogen and oxygen atoms in total. The molecule has 0 saturated heterocycles. The second-order valence-electron chi connectivity index (χ2n) is 15.6. The Labute approximate surface area is 262 Å². The first-order chi connectivity index (χ1) is 20.4. The molecule has 0 aromatic rings. The molecule has 4 aliphatic carbocycles. The number of ether oxygens (including phenoxy) is 4. The van der Waals surface area contributed by atoms with Crippen LogP contribution in [-0.2, 0) is 23.7 Å². The summed E-state index contributed by atoms with van der Waals surface area (Å²) >= 11 is 0. The van der Waals surface area contributed by atoms with Gasteiger partial charge in [-0.3, -0.25) is 4.79 Å². The van der Waals surface area contributed by atoms with Gasteiger partial charge in [-0.1, -0.05) is 65.5 Å². The van der Waals surface area contributed by atoms with E-state index in [-0.39, 0.29) is 23.4 Å². The first-order valence-corrected chi connectivity index (χ1v) is 17.6. The van der Waals surface area contributed by atoms with Crippen molar-refractivity contribution >= 4 is 11.9 Å².